The fraction of sp³-hybridized carbons (Fsp3) is 0.0526. The number of thiazole rings is 1. The lowest BCUT2D eigenvalue weighted by Crippen LogP contribution is -2.16. The molecule has 2 heterocycles. The van der Waals surface area contributed by atoms with Crippen molar-refractivity contribution in [2.45, 2.75) is 4.90 Å². The first-order chi connectivity index (χ1) is 14.3. The van der Waals surface area contributed by atoms with Gasteiger partial charge in [0.1, 0.15) is 5.69 Å². The minimum atomic E-state index is -3.76. The highest BCUT2D eigenvalue weighted by Gasteiger charge is 2.18. The van der Waals surface area contributed by atoms with E-state index in [9.17, 15) is 13.2 Å². The molecule has 0 aliphatic heterocycles. The smallest absolute Gasteiger partial charge is 0.272 e. The molecule has 11 heteroatoms. The summed E-state index contributed by atoms with van der Waals surface area (Å²) in [5, 5.41) is 6.17. The van der Waals surface area contributed by atoms with E-state index < -0.39 is 10.0 Å². The first-order valence-corrected chi connectivity index (χ1v) is 11.7. The third-order valence-electron chi connectivity index (χ3n) is 4.42. The van der Waals surface area contributed by atoms with Gasteiger partial charge in [0.15, 0.2) is 5.13 Å². The summed E-state index contributed by atoms with van der Waals surface area (Å²) in [6, 6.07) is 11.0. The van der Waals surface area contributed by atoms with Crippen molar-refractivity contribution in [2.75, 3.05) is 10.0 Å². The number of fused-ring (bicyclic) bond motifs is 1. The number of carbonyl (C=O) groups excluding carboxylic acids is 1. The minimum Gasteiger partial charge on any atom is -0.340 e. The molecule has 4 aromatic rings. The first-order valence-electron chi connectivity index (χ1n) is 8.53. The lowest BCUT2D eigenvalue weighted by molar-refractivity contribution is 0.101. The van der Waals surface area contributed by atoms with Gasteiger partial charge in [0, 0.05) is 35.2 Å². The van der Waals surface area contributed by atoms with E-state index in [4.69, 9.17) is 23.2 Å². The van der Waals surface area contributed by atoms with Crippen LogP contribution in [0.2, 0.25) is 10.0 Å². The minimum absolute atomic E-state index is 0.0572. The topological polar surface area (TPSA) is 93.1 Å². The van der Waals surface area contributed by atoms with Gasteiger partial charge in [-0.2, -0.15) is 0 Å². The summed E-state index contributed by atoms with van der Waals surface area (Å²) < 4.78 is 28.9. The van der Waals surface area contributed by atoms with Crippen molar-refractivity contribution in [3.8, 4) is 0 Å². The van der Waals surface area contributed by atoms with Gasteiger partial charge in [-0.15, -0.1) is 11.3 Å². The zero-order chi connectivity index (χ0) is 21.5. The van der Waals surface area contributed by atoms with Gasteiger partial charge in [-0.3, -0.25) is 9.52 Å². The van der Waals surface area contributed by atoms with E-state index in [1.807, 2.05) is 0 Å². The molecule has 154 valence electrons. The molecular weight excluding hydrogens is 467 g/mol. The Morgan fingerprint density at radius 3 is 2.53 bits per heavy atom. The number of rotatable bonds is 5. The van der Waals surface area contributed by atoms with Crippen molar-refractivity contribution < 1.29 is 13.2 Å². The highest BCUT2D eigenvalue weighted by molar-refractivity contribution is 7.93. The molecule has 0 saturated carbocycles. The number of halogens is 2. The van der Waals surface area contributed by atoms with Crippen LogP contribution in [0.4, 0.5) is 10.8 Å². The quantitative estimate of drug-likeness (QED) is 0.420. The zero-order valence-corrected chi connectivity index (χ0v) is 18.5. The van der Waals surface area contributed by atoms with Crippen LogP contribution in [0, 0.1) is 0 Å². The SMILES string of the molecule is Cn1c(C(=O)Nc2ccc(S(=O)(=O)Nc3nccs3)cc2)cc2c(Cl)c(Cl)ccc21. The molecule has 7 nitrogen and oxygen atoms in total. The lowest BCUT2D eigenvalue weighted by atomic mass is 10.2. The average Bonchev–Trinajstić information content (AvgIpc) is 3.33. The van der Waals surface area contributed by atoms with Crippen LogP contribution in [0.3, 0.4) is 0 Å². The summed E-state index contributed by atoms with van der Waals surface area (Å²) in [4.78, 5) is 16.7. The van der Waals surface area contributed by atoms with Crippen molar-refractivity contribution in [3.63, 3.8) is 0 Å². The Morgan fingerprint density at radius 2 is 1.87 bits per heavy atom. The number of benzene rings is 2. The Hall–Kier alpha value is -2.59. The number of aryl methyl sites for hydroxylation is 1. The zero-order valence-electron chi connectivity index (χ0n) is 15.4. The van der Waals surface area contributed by atoms with Gasteiger partial charge in [-0.05, 0) is 42.5 Å². The maximum Gasteiger partial charge on any atom is 0.272 e. The highest BCUT2D eigenvalue weighted by atomic mass is 35.5. The van der Waals surface area contributed by atoms with Crippen molar-refractivity contribution in [1.29, 1.82) is 0 Å². The number of carbonyl (C=O) groups is 1. The Labute approximate surface area is 186 Å². The van der Waals surface area contributed by atoms with Gasteiger partial charge in [0.05, 0.1) is 14.9 Å². The van der Waals surface area contributed by atoms with Crippen LogP contribution >= 0.6 is 34.5 Å². The predicted octanol–water partition coefficient (Wildman–Crippen LogP) is 4.99. The van der Waals surface area contributed by atoms with Crippen LogP contribution in [0.5, 0.6) is 0 Å². The van der Waals surface area contributed by atoms with E-state index in [0.29, 0.717) is 26.8 Å². The standard InChI is InChI=1S/C19H14Cl2N4O3S2/c1-25-15-7-6-14(20)17(21)13(15)10-16(25)18(26)23-11-2-4-12(5-3-11)30(27,28)24-19-22-8-9-29-19/h2-10H,1H3,(H,22,24)(H,23,26). The molecule has 0 aliphatic carbocycles. The van der Waals surface area contributed by atoms with Crippen LogP contribution in [0.15, 0.2) is 58.9 Å². The van der Waals surface area contributed by atoms with Gasteiger partial charge >= 0.3 is 0 Å². The van der Waals surface area contributed by atoms with Crippen molar-refractivity contribution >= 4 is 72.2 Å². The molecule has 0 fully saturated rings. The normalized spacial score (nSPS) is 11.6. The summed E-state index contributed by atoms with van der Waals surface area (Å²) in [7, 11) is -2.01. The molecule has 0 bridgehead atoms. The van der Waals surface area contributed by atoms with Crippen LogP contribution in [0.25, 0.3) is 10.9 Å². The molecule has 2 aromatic heterocycles. The molecule has 0 radical (unpaired) electrons. The number of amides is 1. The summed E-state index contributed by atoms with van der Waals surface area (Å²) in [5.41, 5.74) is 1.60. The average molecular weight is 481 g/mol. The van der Waals surface area contributed by atoms with E-state index >= 15 is 0 Å². The first kappa shape index (κ1) is 20.7. The molecule has 0 atom stereocenters. The maximum absolute atomic E-state index is 12.7. The maximum atomic E-state index is 12.7. The summed E-state index contributed by atoms with van der Waals surface area (Å²) in [6.45, 7) is 0. The Kier molecular flexibility index (Phi) is 5.46. The van der Waals surface area contributed by atoms with E-state index in [0.717, 1.165) is 5.52 Å². The lowest BCUT2D eigenvalue weighted by Gasteiger charge is -2.09. The third kappa shape index (κ3) is 3.89. The number of nitrogens with zero attached hydrogens (tertiary/aromatic N) is 2. The predicted molar refractivity (Wildman–Crippen MR) is 120 cm³/mol. The second-order valence-electron chi connectivity index (χ2n) is 6.30. The molecule has 0 aliphatic rings. The fourth-order valence-corrected chi connectivity index (χ4v) is 5.10. The number of hydrogen-bond donors (Lipinski definition) is 2. The van der Waals surface area contributed by atoms with Gasteiger partial charge in [0.25, 0.3) is 15.9 Å². The Balaban J connectivity index is 1.55. The second-order valence-corrected chi connectivity index (χ2v) is 9.67. The van der Waals surface area contributed by atoms with Crippen LogP contribution < -0.4 is 10.0 Å². The van der Waals surface area contributed by atoms with Gasteiger partial charge in [-0.25, -0.2) is 13.4 Å². The molecule has 2 N–H and O–H groups in total. The number of anilines is 2. The third-order valence-corrected chi connectivity index (χ3v) is 7.41. The van der Waals surface area contributed by atoms with Crippen LogP contribution in [-0.4, -0.2) is 23.9 Å². The van der Waals surface area contributed by atoms with Gasteiger partial charge in [0.2, 0.25) is 0 Å². The van der Waals surface area contributed by atoms with E-state index in [1.165, 1.54) is 41.8 Å². The van der Waals surface area contributed by atoms with Gasteiger partial charge in [-0.1, -0.05) is 23.2 Å². The van der Waals surface area contributed by atoms with Crippen LogP contribution in [-0.2, 0) is 17.1 Å². The monoisotopic (exact) mass is 480 g/mol. The molecule has 0 saturated heterocycles. The number of nitrogens with one attached hydrogen (secondary N) is 2. The van der Waals surface area contributed by atoms with Gasteiger partial charge < -0.3 is 9.88 Å². The fourth-order valence-electron chi connectivity index (χ4n) is 2.93. The van der Waals surface area contributed by atoms with Crippen molar-refractivity contribution in [1.82, 2.24) is 9.55 Å². The Bertz CT molecular complexity index is 1350. The summed E-state index contributed by atoms with van der Waals surface area (Å²) >= 11 is 13.5. The Morgan fingerprint density at radius 1 is 1.13 bits per heavy atom. The van der Waals surface area contributed by atoms with E-state index in [-0.39, 0.29) is 15.9 Å². The van der Waals surface area contributed by atoms with Crippen molar-refractivity contribution in [3.05, 3.63) is 69.8 Å². The number of aromatic nitrogens is 2. The molecule has 0 unspecified atom stereocenters. The number of hydrogen-bond acceptors (Lipinski definition) is 5. The molecule has 30 heavy (non-hydrogen) atoms. The summed E-state index contributed by atoms with van der Waals surface area (Å²) in [5.74, 6) is -0.364. The van der Waals surface area contributed by atoms with Crippen LogP contribution in [0.1, 0.15) is 10.5 Å². The highest BCUT2D eigenvalue weighted by Crippen LogP contribution is 2.32. The van der Waals surface area contributed by atoms with E-state index in [1.54, 1.807) is 35.2 Å². The second kappa shape index (κ2) is 7.92. The molecule has 4 rings (SSSR count). The molecule has 1 amide bonds. The molecule has 0 spiro atoms. The largest absolute Gasteiger partial charge is 0.340 e. The number of sulfonamides is 1. The molecular formula is C19H14Cl2N4O3S2. The molecule has 2 aromatic carbocycles. The van der Waals surface area contributed by atoms with E-state index in [2.05, 4.69) is 15.0 Å². The summed E-state index contributed by atoms with van der Waals surface area (Å²) in [6.07, 6.45) is 1.51. The van der Waals surface area contributed by atoms with Crippen molar-refractivity contribution in [2.24, 2.45) is 7.05 Å².